The van der Waals surface area contributed by atoms with Crippen LogP contribution in [0.5, 0.6) is 0 Å². The molecule has 2 aliphatic carbocycles. The fourth-order valence-electron chi connectivity index (χ4n) is 8.00. The number of aromatic amines is 1. The predicted molar refractivity (Wildman–Crippen MR) is 149 cm³/mol. The Labute approximate surface area is 246 Å². The largest absolute Gasteiger partial charge is 0.458 e. The fourth-order valence-corrected chi connectivity index (χ4v) is 8.00. The number of esters is 2. The number of ether oxygens (including phenoxy) is 6. The molecule has 1 saturated heterocycles. The Morgan fingerprint density at radius 2 is 1.90 bits per heavy atom. The average Bonchev–Trinajstić information content (AvgIpc) is 3.54. The third-order valence-electron chi connectivity index (χ3n) is 9.61. The second kappa shape index (κ2) is 11.9. The minimum absolute atomic E-state index is 0.0324. The van der Waals surface area contributed by atoms with Crippen LogP contribution >= 0.6 is 0 Å². The predicted octanol–water partition coefficient (Wildman–Crippen LogP) is 1.90. The van der Waals surface area contributed by atoms with E-state index in [2.05, 4.69) is 4.98 Å². The number of hydrogen-bond donors (Lipinski definition) is 3. The molecule has 4 bridgehead atoms. The van der Waals surface area contributed by atoms with Gasteiger partial charge in [0.2, 0.25) is 0 Å². The van der Waals surface area contributed by atoms with Crippen LogP contribution in [0.15, 0.2) is 42.1 Å². The first-order chi connectivity index (χ1) is 20.0. The number of carbonyl (C=O) groups excluding carboxylic acids is 2. The molecule has 1 aromatic rings. The van der Waals surface area contributed by atoms with Gasteiger partial charge in [-0.25, -0.2) is 4.79 Å². The Balaban J connectivity index is 1.63. The molecule has 1 aromatic heterocycles. The molecule has 0 amide bonds. The van der Waals surface area contributed by atoms with Gasteiger partial charge in [0, 0.05) is 57.1 Å². The summed E-state index contributed by atoms with van der Waals surface area (Å²) in [6, 6.07) is 3.33. The number of cyclic esters (lactones) is 1. The number of aliphatic hydroxyl groups is 2. The van der Waals surface area contributed by atoms with Crippen LogP contribution in [-0.4, -0.2) is 104 Å². The van der Waals surface area contributed by atoms with Gasteiger partial charge in [-0.2, -0.15) is 0 Å². The molecule has 42 heavy (non-hydrogen) atoms. The smallest absolute Gasteiger partial charge is 0.355 e. The van der Waals surface area contributed by atoms with Crippen molar-refractivity contribution < 1.29 is 48.2 Å². The molecule has 2 aliphatic heterocycles. The van der Waals surface area contributed by atoms with E-state index in [0.29, 0.717) is 5.69 Å². The highest BCUT2D eigenvalue weighted by Crippen LogP contribution is 2.62. The highest BCUT2D eigenvalue weighted by molar-refractivity contribution is 5.87. The summed E-state index contributed by atoms with van der Waals surface area (Å²) in [6.45, 7) is 5.52. The molecule has 3 N–H and O–H groups in total. The van der Waals surface area contributed by atoms with Crippen molar-refractivity contribution in [2.75, 3.05) is 41.2 Å². The zero-order valence-corrected chi connectivity index (χ0v) is 25.0. The van der Waals surface area contributed by atoms with Crippen LogP contribution in [0, 0.1) is 35.5 Å². The van der Waals surface area contributed by atoms with E-state index in [9.17, 15) is 19.8 Å². The van der Waals surface area contributed by atoms with Gasteiger partial charge in [0.15, 0.2) is 0 Å². The normalized spacial score (nSPS) is 41.8. The molecule has 11 heteroatoms. The highest BCUT2D eigenvalue weighted by Gasteiger charge is 2.71. The lowest BCUT2D eigenvalue weighted by molar-refractivity contribution is -0.184. The molecule has 1 spiro atoms. The molecule has 4 aliphatic rings. The number of aliphatic hydroxyl groups excluding tert-OH is 1. The monoisotopic (exact) mass is 589 g/mol. The van der Waals surface area contributed by atoms with Gasteiger partial charge in [0.1, 0.15) is 35.2 Å². The van der Waals surface area contributed by atoms with Gasteiger partial charge in [-0.1, -0.05) is 25.2 Å². The Morgan fingerprint density at radius 3 is 2.55 bits per heavy atom. The van der Waals surface area contributed by atoms with Gasteiger partial charge in [0.05, 0.1) is 31.8 Å². The molecule has 12 atom stereocenters. The summed E-state index contributed by atoms with van der Waals surface area (Å²) in [5.41, 5.74) is -1.52. The molecule has 0 aromatic carbocycles. The van der Waals surface area contributed by atoms with Crippen molar-refractivity contribution in [1.82, 2.24) is 4.98 Å². The summed E-state index contributed by atoms with van der Waals surface area (Å²) < 4.78 is 35.4. The third-order valence-corrected chi connectivity index (χ3v) is 9.61. The zero-order chi connectivity index (χ0) is 30.4. The van der Waals surface area contributed by atoms with E-state index < -0.39 is 77.1 Å². The van der Waals surface area contributed by atoms with Gasteiger partial charge in [0.25, 0.3) is 0 Å². The molecule has 232 valence electrons. The minimum Gasteiger partial charge on any atom is -0.458 e. The second-order valence-corrected chi connectivity index (χ2v) is 12.4. The maximum absolute atomic E-state index is 13.9. The van der Waals surface area contributed by atoms with E-state index in [-0.39, 0.29) is 25.7 Å². The Bertz CT molecular complexity index is 1190. The average molecular weight is 590 g/mol. The molecular formula is C31H43NO10. The maximum Gasteiger partial charge on any atom is 0.355 e. The lowest BCUT2D eigenvalue weighted by atomic mass is 9.56. The number of nitrogens with one attached hydrogen (secondary N) is 1. The van der Waals surface area contributed by atoms with Crippen LogP contribution in [0.3, 0.4) is 0 Å². The molecule has 0 radical (unpaired) electrons. The first kappa shape index (κ1) is 30.9. The summed E-state index contributed by atoms with van der Waals surface area (Å²) >= 11 is 0. The van der Waals surface area contributed by atoms with Crippen LogP contribution in [0.1, 0.15) is 31.3 Å². The molecule has 3 heterocycles. The highest BCUT2D eigenvalue weighted by atomic mass is 16.6. The minimum atomic E-state index is -1.48. The van der Waals surface area contributed by atoms with Crippen LogP contribution < -0.4 is 0 Å². The standard InChI is InChI=1S/C31H43NO10/c1-16-12-17(2)31-21(19(13-37-4)28(34)41-27(16)30(3,36)15-39-6)10-9-18-23(31)24(33)20(14-38-5)25(26(18)42-31)40-29(35)22-8-7-11-32-22/h7-12,16,18-21,23-27,32-33,36H,13-15H2,1-6H3/b17-12+/t16-,18-,19-,20-,21-,23+,24-,25-,26-,27+,30?,31+/m1/s1. The Morgan fingerprint density at radius 1 is 1.17 bits per heavy atom. The molecular weight excluding hydrogens is 546 g/mol. The lowest BCUT2D eigenvalue weighted by Gasteiger charge is -2.49. The molecule has 1 saturated carbocycles. The first-order valence-corrected chi connectivity index (χ1v) is 14.5. The van der Waals surface area contributed by atoms with Crippen molar-refractivity contribution in [3.8, 4) is 0 Å². The summed E-state index contributed by atoms with van der Waals surface area (Å²) in [5, 5.41) is 23.4. The van der Waals surface area contributed by atoms with Crippen LogP contribution in [-0.2, 0) is 33.2 Å². The van der Waals surface area contributed by atoms with Crippen LogP contribution in [0.4, 0.5) is 0 Å². The Kier molecular flexibility index (Phi) is 8.73. The van der Waals surface area contributed by atoms with E-state index in [0.717, 1.165) is 5.57 Å². The van der Waals surface area contributed by atoms with Crippen molar-refractivity contribution in [2.24, 2.45) is 35.5 Å². The van der Waals surface area contributed by atoms with Crippen molar-refractivity contribution in [2.45, 2.75) is 56.4 Å². The molecule has 5 rings (SSSR count). The van der Waals surface area contributed by atoms with Gasteiger partial charge in [-0.15, -0.1) is 0 Å². The number of rotatable bonds is 9. The van der Waals surface area contributed by atoms with Gasteiger partial charge in [-0.3, -0.25) is 4.79 Å². The summed E-state index contributed by atoms with van der Waals surface area (Å²) in [5.74, 6) is -4.25. The van der Waals surface area contributed by atoms with E-state index in [4.69, 9.17) is 28.4 Å². The van der Waals surface area contributed by atoms with E-state index >= 15 is 0 Å². The van der Waals surface area contributed by atoms with Crippen LogP contribution in [0.25, 0.3) is 0 Å². The maximum atomic E-state index is 13.9. The topological polar surface area (TPSA) is 146 Å². The summed E-state index contributed by atoms with van der Waals surface area (Å²) in [7, 11) is 4.53. The van der Waals surface area contributed by atoms with E-state index in [1.54, 1.807) is 32.4 Å². The number of H-pyrrole nitrogens is 1. The number of carbonyl (C=O) groups is 2. The SMILES string of the molecule is COC[C@@H]1[C@@H](O)[C@@H]2[C@H]3C=C[C@@H]4[C@@H](COC)C(=O)O[C@H](C(C)(O)COC)[C@H](C)/C=C(\C)[C@@]24O[C@H]3[C@@H]1OC(=O)c1ccc[nH]1. The third kappa shape index (κ3) is 4.93. The van der Waals surface area contributed by atoms with E-state index in [1.165, 1.54) is 14.2 Å². The fraction of sp³-hybridized carbons (Fsp3) is 0.677. The van der Waals surface area contributed by atoms with Gasteiger partial charge >= 0.3 is 11.9 Å². The number of aromatic nitrogens is 1. The quantitative estimate of drug-likeness (QED) is 0.288. The molecule has 2 fully saturated rings. The second-order valence-electron chi connectivity index (χ2n) is 12.4. The Hall–Kier alpha value is -2.54. The van der Waals surface area contributed by atoms with Crippen molar-refractivity contribution >= 4 is 11.9 Å². The summed E-state index contributed by atoms with van der Waals surface area (Å²) in [4.78, 5) is 29.9. The van der Waals surface area contributed by atoms with Crippen LogP contribution in [0.2, 0.25) is 0 Å². The lowest BCUT2D eigenvalue weighted by Crippen LogP contribution is -2.59. The molecule has 1 unspecified atom stereocenters. The molecule has 11 nitrogen and oxygen atoms in total. The first-order valence-electron chi connectivity index (χ1n) is 14.5. The van der Waals surface area contributed by atoms with Crippen molar-refractivity contribution in [3.63, 3.8) is 0 Å². The van der Waals surface area contributed by atoms with Crippen molar-refractivity contribution in [3.05, 3.63) is 47.8 Å². The van der Waals surface area contributed by atoms with Gasteiger partial charge < -0.3 is 43.6 Å². The van der Waals surface area contributed by atoms with Gasteiger partial charge in [-0.05, 0) is 31.6 Å². The van der Waals surface area contributed by atoms with Crippen molar-refractivity contribution in [1.29, 1.82) is 0 Å². The number of methoxy groups -OCH3 is 3. The zero-order valence-electron chi connectivity index (χ0n) is 25.0. The summed E-state index contributed by atoms with van der Waals surface area (Å²) in [6.07, 6.45) is 4.18. The van der Waals surface area contributed by atoms with E-state index in [1.807, 2.05) is 32.1 Å². The number of hydrogen-bond acceptors (Lipinski definition) is 10.